The number of nitrogens with one attached hydrogen (secondary N) is 4. The first-order valence-corrected chi connectivity index (χ1v) is 15.1. The molecule has 3 rings (SSSR count). The van der Waals surface area contributed by atoms with E-state index in [1.807, 2.05) is 12.1 Å². The second-order valence-electron chi connectivity index (χ2n) is 9.61. The quantitative estimate of drug-likeness (QED) is 0.140. The van der Waals surface area contributed by atoms with Gasteiger partial charge in [0.25, 0.3) is 10.0 Å². The molecule has 216 valence electrons. The number of rotatable bonds is 16. The number of benzene rings is 2. The van der Waals surface area contributed by atoms with Gasteiger partial charge in [-0.15, -0.1) is 0 Å². The maximum atomic E-state index is 12.8. The number of amides is 2. The van der Waals surface area contributed by atoms with Crippen LogP contribution < -0.4 is 26.4 Å². The second-order valence-corrected chi connectivity index (χ2v) is 11.3. The number of unbranched alkanes of at least 4 members (excludes halogenated alkanes) is 3. The fraction of sp³-hybridized carbons (Fsp3) is 0.379. The van der Waals surface area contributed by atoms with Crippen LogP contribution in [0.25, 0.3) is 0 Å². The van der Waals surface area contributed by atoms with Crippen LogP contribution in [0.2, 0.25) is 0 Å². The van der Waals surface area contributed by atoms with Crippen molar-refractivity contribution in [1.82, 2.24) is 15.6 Å². The van der Waals surface area contributed by atoms with E-state index in [1.54, 1.807) is 42.6 Å². The van der Waals surface area contributed by atoms with Gasteiger partial charge in [0.2, 0.25) is 0 Å². The first-order valence-electron chi connectivity index (χ1n) is 13.6. The Bertz CT molecular complexity index is 1280. The topological polar surface area (TPSA) is 158 Å². The van der Waals surface area contributed by atoms with E-state index in [1.165, 1.54) is 12.1 Å². The van der Waals surface area contributed by atoms with Crippen LogP contribution in [0.3, 0.4) is 0 Å². The number of anilines is 3. The van der Waals surface area contributed by atoms with E-state index in [0.29, 0.717) is 35.8 Å². The first kappa shape index (κ1) is 30.9. The van der Waals surface area contributed by atoms with E-state index < -0.39 is 16.1 Å². The lowest BCUT2D eigenvalue weighted by molar-refractivity contribution is 0.174. The Morgan fingerprint density at radius 2 is 1.65 bits per heavy atom. The summed E-state index contributed by atoms with van der Waals surface area (Å²) in [6, 6.07) is 16.4. The van der Waals surface area contributed by atoms with Gasteiger partial charge >= 0.3 is 6.03 Å². The fourth-order valence-corrected chi connectivity index (χ4v) is 5.05. The third kappa shape index (κ3) is 10.5. The number of urea groups is 1. The number of aromatic nitrogens is 1. The number of aliphatic hydroxyl groups is 1. The third-order valence-electron chi connectivity index (χ3n) is 6.30. The molecule has 40 heavy (non-hydrogen) atoms. The van der Waals surface area contributed by atoms with Crippen LogP contribution in [0.15, 0.2) is 71.8 Å². The summed E-state index contributed by atoms with van der Waals surface area (Å²) in [5.74, 6) is 0.417. The van der Waals surface area contributed by atoms with Crippen molar-refractivity contribution in [2.75, 3.05) is 35.4 Å². The lowest BCUT2D eigenvalue weighted by Gasteiger charge is -2.12. The van der Waals surface area contributed by atoms with Crippen LogP contribution in [-0.2, 0) is 16.4 Å². The van der Waals surface area contributed by atoms with Crippen LogP contribution in [0, 0.1) is 0 Å². The van der Waals surface area contributed by atoms with E-state index in [4.69, 9.17) is 5.73 Å². The van der Waals surface area contributed by atoms with Crippen molar-refractivity contribution < 1.29 is 18.3 Å². The highest BCUT2D eigenvalue weighted by molar-refractivity contribution is 7.92. The average molecular weight is 569 g/mol. The van der Waals surface area contributed by atoms with Crippen LogP contribution >= 0.6 is 0 Å². The van der Waals surface area contributed by atoms with Gasteiger partial charge in [-0.1, -0.05) is 44.4 Å². The van der Waals surface area contributed by atoms with Gasteiger partial charge in [0.05, 0.1) is 11.0 Å². The molecular formula is C29H40N6O4S. The van der Waals surface area contributed by atoms with E-state index in [2.05, 4.69) is 32.6 Å². The SMILES string of the molecule is CCCCCCNC(=O)Nc1ccc(S(=O)(=O)Nc2ccc(CCCNCC(O)c3ccc(N)nc3)cc2)cc1. The standard InChI is InChI=1S/C29H40N6O4S/c1-2-3-4-5-19-32-29(37)34-24-13-15-26(16-14-24)40(38,39)35-25-11-8-22(9-12-25)7-6-18-31-21-27(36)23-10-17-28(30)33-20-23/h8-17,20,27,31,35-36H,2-7,18-19,21H2,1H3,(H2,30,33)(H2,32,34,37). The molecule has 1 unspecified atom stereocenters. The molecule has 7 N–H and O–H groups in total. The third-order valence-corrected chi connectivity index (χ3v) is 7.69. The fourth-order valence-electron chi connectivity index (χ4n) is 3.99. The summed E-state index contributed by atoms with van der Waals surface area (Å²) in [6.45, 7) is 3.87. The summed E-state index contributed by atoms with van der Waals surface area (Å²) in [5.41, 5.74) is 8.34. The Labute approximate surface area is 236 Å². The van der Waals surface area contributed by atoms with Gasteiger partial charge in [0.15, 0.2) is 0 Å². The predicted octanol–water partition coefficient (Wildman–Crippen LogP) is 4.42. The molecule has 0 spiro atoms. The van der Waals surface area contributed by atoms with Gasteiger partial charge in [-0.2, -0.15) is 0 Å². The molecule has 0 saturated carbocycles. The minimum atomic E-state index is -3.78. The van der Waals surface area contributed by atoms with Gasteiger partial charge in [-0.3, -0.25) is 4.72 Å². The van der Waals surface area contributed by atoms with E-state index in [9.17, 15) is 18.3 Å². The van der Waals surface area contributed by atoms with Crippen molar-refractivity contribution in [2.45, 2.75) is 56.4 Å². The zero-order valence-corrected chi connectivity index (χ0v) is 23.7. The molecule has 0 fully saturated rings. The minimum absolute atomic E-state index is 0.102. The Hall–Kier alpha value is -3.67. The molecule has 11 heteroatoms. The first-order chi connectivity index (χ1) is 19.3. The summed E-state index contributed by atoms with van der Waals surface area (Å²) >= 11 is 0. The predicted molar refractivity (Wildman–Crippen MR) is 160 cm³/mol. The van der Waals surface area contributed by atoms with E-state index in [0.717, 1.165) is 50.6 Å². The number of carbonyl (C=O) groups excluding carboxylic acids is 1. The van der Waals surface area contributed by atoms with Crippen LogP contribution in [0.1, 0.15) is 56.3 Å². The number of nitrogens with zero attached hydrogens (tertiary/aromatic N) is 1. The molecule has 2 amide bonds. The largest absolute Gasteiger partial charge is 0.387 e. The molecule has 0 radical (unpaired) electrons. The smallest absolute Gasteiger partial charge is 0.319 e. The van der Waals surface area contributed by atoms with Crippen molar-refractivity contribution in [3.63, 3.8) is 0 Å². The maximum Gasteiger partial charge on any atom is 0.319 e. The lowest BCUT2D eigenvalue weighted by atomic mass is 10.1. The number of nitrogen functional groups attached to an aromatic ring is 1. The Balaban J connectivity index is 1.39. The summed E-state index contributed by atoms with van der Waals surface area (Å²) in [5, 5.41) is 19.0. The number of carbonyl (C=O) groups is 1. The number of pyridine rings is 1. The number of sulfonamides is 1. The van der Waals surface area contributed by atoms with E-state index >= 15 is 0 Å². The van der Waals surface area contributed by atoms with Crippen molar-refractivity contribution in [3.05, 3.63) is 78.0 Å². The van der Waals surface area contributed by atoms with Gasteiger partial charge in [0, 0.05) is 36.2 Å². The molecule has 0 bridgehead atoms. The Kier molecular flexibility index (Phi) is 12.2. The van der Waals surface area contributed by atoms with Gasteiger partial charge in [-0.25, -0.2) is 18.2 Å². The molecule has 1 atom stereocenters. The highest BCUT2D eigenvalue weighted by atomic mass is 32.2. The number of aryl methyl sites for hydroxylation is 1. The van der Waals surface area contributed by atoms with Gasteiger partial charge in [0.1, 0.15) is 5.82 Å². The van der Waals surface area contributed by atoms with Crippen LogP contribution in [0.4, 0.5) is 22.0 Å². The number of nitrogens with two attached hydrogens (primary N) is 1. The van der Waals surface area contributed by atoms with Crippen molar-refractivity contribution in [2.24, 2.45) is 0 Å². The van der Waals surface area contributed by atoms with Gasteiger partial charge in [-0.05, 0) is 73.8 Å². The molecule has 3 aromatic rings. The molecule has 0 aliphatic carbocycles. The average Bonchev–Trinajstić information content (AvgIpc) is 2.94. The van der Waals surface area contributed by atoms with E-state index in [-0.39, 0.29) is 10.9 Å². The highest BCUT2D eigenvalue weighted by Crippen LogP contribution is 2.19. The number of hydrogen-bond acceptors (Lipinski definition) is 7. The minimum Gasteiger partial charge on any atom is -0.387 e. The molecule has 0 aliphatic rings. The van der Waals surface area contributed by atoms with Crippen LogP contribution in [-0.4, -0.2) is 44.2 Å². The summed E-state index contributed by atoms with van der Waals surface area (Å²) in [4.78, 5) is 16.1. The molecule has 1 aromatic heterocycles. The Morgan fingerprint density at radius 3 is 2.33 bits per heavy atom. The number of aliphatic hydroxyl groups excluding tert-OH is 1. The second kappa shape index (κ2) is 15.8. The summed E-state index contributed by atoms with van der Waals surface area (Å²) < 4.78 is 28.2. The summed E-state index contributed by atoms with van der Waals surface area (Å²) in [7, 11) is -3.78. The number of hydrogen-bond donors (Lipinski definition) is 6. The van der Waals surface area contributed by atoms with Crippen molar-refractivity contribution >= 4 is 33.2 Å². The molecular weight excluding hydrogens is 528 g/mol. The molecule has 0 saturated heterocycles. The molecule has 1 heterocycles. The Morgan fingerprint density at radius 1 is 0.925 bits per heavy atom. The van der Waals surface area contributed by atoms with Crippen molar-refractivity contribution in [1.29, 1.82) is 0 Å². The zero-order chi connectivity index (χ0) is 28.8. The van der Waals surface area contributed by atoms with Gasteiger partial charge < -0.3 is 26.8 Å². The lowest BCUT2D eigenvalue weighted by Crippen LogP contribution is -2.29. The molecule has 10 nitrogen and oxygen atoms in total. The zero-order valence-electron chi connectivity index (χ0n) is 22.9. The highest BCUT2D eigenvalue weighted by Gasteiger charge is 2.14. The monoisotopic (exact) mass is 568 g/mol. The summed E-state index contributed by atoms with van der Waals surface area (Å²) in [6.07, 6.45) is 6.87. The molecule has 0 aliphatic heterocycles. The van der Waals surface area contributed by atoms with Crippen molar-refractivity contribution in [3.8, 4) is 0 Å². The normalized spacial score (nSPS) is 12.1. The van der Waals surface area contributed by atoms with Crippen LogP contribution in [0.5, 0.6) is 0 Å². The molecule has 2 aromatic carbocycles. The maximum absolute atomic E-state index is 12.8.